The number of nitrogens with one attached hydrogen (secondary N) is 1. The second-order valence-corrected chi connectivity index (χ2v) is 6.60. The van der Waals surface area contributed by atoms with Crippen molar-refractivity contribution in [1.29, 1.82) is 5.26 Å². The van der Waals surface area contributed by atoms with E-state index in [1.54, 1.807) is 12.1 Å². The number of rotatable bonds is 6. The van der Waals surface area contributed by atoms with Crippen LogP contribution in [0, 0.1) is 11.3 Å². The number of carboxylic acid groups (broad SMARTS) is 1. The minimum absolute atomic E-state index is 0.123. The van der Waals surface area contributed by atoms with E-state index in [2.05, 4.69) is 35.2 Å². The first-order chi connectivity index (χ1) is 11.5. The van der Waals surface area contributed by atoms with E-state index in [-0.39, 0.29) is 6.04 Å². The first-order valence-corrected chi connectivity index (χ1v) is 8.39. The lowest BCUT2D eigenvalue weighted by Crippen LogP contribution is -2.51. The van der Waals surface area contributed by atoms with Gasteiger partial charge in [0.05, 0.1) is 11.6 Å². The van der Waals surface area contributed by atoms with Crippen LogP contribution in [0.4, 0.5) is 4.79 Å². The Labute approximate surface area is 143 Å². The number of amides is 1. The number of nitriles is 1. The van der Waals surface area contributed by atoms with Crippen molar-refractivity contribution in [3.05, 3.63) is 35.4 Å². The van der Waals surface area contributed by atoms with Crippen LogP contribution in [0.2, 0.25) is 0 Å². The Bertz CT molecular complexity index is 582. The lowest BCUT2D eigenvalue weighted by Gasteiger charge is -2.38. The molecule has 1 aromatic rings. The van der Waals surface area contributed by atoms with Gasteiger partial charge in [-0.2, -0.15) is 5.26 Å². The molecule has 6 nitrogen and oxygen atoms in total. The maximum atomic E-state index is 11.1. The van der Waals surface area contributed by atoms with E-state index in [4.69, 9.17) is 10.4 Å². The van der Waals surface area contributed by atoms with Gasteiger partial charge in [0.2, 0.25) is 0 Å². The third-order valence-electron chi connectivity index (χ3n) is 4.63. The Morgan fingerprint density at radius 3 is 2.71 bits per heavy atom. The van der Waals surface area contributed by atoms with E-state index in [1.807, 2.05) is 12.1 Å². The SMILES string of the molecule is C[C@@H]1CN(C)CCN1CCC(Cc1ccc(C#N)cc1)NC(=O)O. The molecule has 2 N–H and O–H groups in total. The summed E-state index contributed by atoms with van der Waals surface area (Å²) in [4.78, 5) is 15.8. The number of piperazine rings is 1. The van der Waals surface area contributed by atoms with E-state index >= 15 is 0 Å². The molecule has 6 heteroatoms. The molecule has 130 valence electrons. The summed E-state index contributed by atoms with van der Waals surface area (Å²) in [5.74, 6) is 0. The molecule has 1 saturated heterocycles. The van der Waals surface area contributed by atoms with E-state index in [9.17, 15) is 4.79 Å². The van der Waals surface area contributed by atoms with E-state index in [0.29, 0.717) is 18.0 Å². The highest BCUT2D eigenvalue weighted by Crippen LogP contribution is 2.12. The average molecular weight is 330 g/mol. The van der Waals surface area contributed by atoms with Crippen LogP contribution in [-0.4, -0.2) is 66.3 Å². The summed E-state index contributed by atoms with van der Waals surface area (Å²) in [6.45, 7) is 6.23. The second kappa shape index (κ2) is 8.67. The zero-order chi connectivity index (χ0) is 17.5. The van der Waals surface area contributed by atoms with Gasteiger partial charge in [-0.15, -0.1) is 0 Å². The fraction of sp³-hybridized carbons (Fsp3) is 0.556. The number of hydrogen-bond donors (Lipinski definition) is 2. The molecule has 1 aliphatic rings. The molecule has 1 unspecified atom stereocenters. The number of nitrogens with zero attached hydrogens (tertiary/aromatic N) is 3. The molecule has 2 atom stereocenters. The Hall–Kier alpha value is -2.10. The van der Waals surface area contributed by atoms with Gasteiger partial charge in [-0.25, -0.2) is 4.79 Å². The van der Waals surface area contributed by atoms with Gasteiger partial charge in [-0.05, 0) is 44.5 Å². The van der Waals surface area contributed by atoms with Gasteiger partial charge >= 0.3 is 6.09 Å². The van der Waals surface area contributed by atoms with Crippen molar-refractivity contribution in [2.24, 2.45) is 0 Å². The van der Waals surface area contributed by atoms with Crippen LogP contribution in [0.3, 0.4) is 0 Å². The molecule has 0 bridgehead atoms. The van der Waals surface area contributed by atoms with Crippen LogP contribution in [0.25, 0.3) is 0 Å². The first-order valence-electron chi connectivity index (χ1n) is 8.39. The summed E-state index contributed by atoms with van der Waals surface area (Å²) >= 11 is 0. The van der Waals surface area contributed by atoms with Crippen molar-refractivity contribution in [2.45, 2.75) is 31.8 Å². The van der Waals surface area contributed by atoms with Gasteiger partial charge < -0.3 is 15.3 Å². The minimum atomic E-state index is -0.986. The molecule has 0 radical (unpaired) electrons. The Balaban J connectivity index is 1.92. The molecule has 24 heavy (non-hydrogen) atoms. The molecule has 2 rings (SSSR count). The molecular formula is C18H26N4O2. The fourth-order valence-corrected chi connectivity index (χ4v) is 3.23. The topological polar surface area (TPSA) is 79.6 Å². The maximum absolute atomic E-state index is 11.1. The molecule has 0 aromatic heterocycles. The number of likely N-dealkylation sites (N-methyl/N-ethyl adjacent to an activating group) is 1. The quantitative estimate of drug-likeness (QED) is 0.831. The van der Waals surface area contributed by atoms with Crippen molar-refractivity contribution in [3.8, 4) is 6.07 Å². The molecule has 1 aliphatic heterocycles. The lowest BCUT2D eigenvalue weighted by molar-refractivity contribution is 0.0958. The number of hydrogen-bond acceptors (Lipinski definition) is 4. The minimum Gasteiger partial charge on any atom is -0.465 e. The summed E-state index contributed by atoms with van der Waals surface area (Å²) in [5, 5.41) is 20.6. The van der Waals surface area contributed by atoms with Gasteiger partial charge in [0.15, 0.2) is 0 Å². The van der Waals surface area contributed by atoms with Crippen LogP contribution in [0.5, 0.6) is 0 Å². The highest BCUT2D eigenvalue weighted by molar-refractivity contribution is 5.64. The fourth-order valence-electron chi connectivity index (χ4n) is 3.23. The van der Waals surface area contributed by atoms with Crippen LogP contribution >= 0.6 is 0 Å². The van der Waals surface area contributed by atoms with Gasteiger partial charge in [-0.1, -0.05) is 12.1 Å². The Morgan fingerprint density at radius 2 is 2.12 bits per heavy atom. The predicted octanol–water partition coefficient (Wildman–Crippen LogP) is 1.76. The van der Waals surface area contributed by atoms with Crippen LogP contribution in [0.1, 0.15) is 24.5 Å². The summed E-state index contributed by atoms with van der Waals surface area (Å²) < 4.78 is 0. The van der Waals surface area contributed by atoms with Gasteiger partial charge in [0.25, 0.3) is 0 Å². The van der Waals surface area contributed by atoms with E-state index < -0.39 is 6.09 Å². The van der Waals surface area contributed by atoms with Gasteiger partial charge in [0.1, 0.15) is 0 Å². The Morgan fingerprint density at radius 1 is 1.42 bits per heavy atom. The summed E-state index contributed by atoms with van der Waals surface area (Å²) in [7, 11) is 2.13. The molecule has 0 spiro atoms. The molecule has 0 saturated carbocycles. The first kappa shape index (κ1) is 18.2. The third-order valence-corrected chi connectivity index (χ3v) is 4.63. The van der Waals surface area contributed by atoms with E-state index in [0.717, 1.165) is 38.2 Å². The average Bonchev–Trinajstić information content (AvgIpc) is 2.54. The predicted molar refractivity (Wildman–Crippen MR) is 93.0 cm³/mol. The Kier molecular flexibility index (Phi) is 6.59. The van der Waals surface area contributed by atoms with Gasteiger partial charge in [0, 0.05) is 38.3 Å². The monoisotopic (exact) mass is 330 g/mol. The van der Waals surface area contributed by atoms with Crippen molar-refractivity contribution in [2.75, 3.05) is 33.2 Å². The number of benzene rings is 1. The van der Waals surface area contributed by atoms with Crippen molar-refractivity contribution in [1.82, 2.24) is 15.1 Å². The zero-order valence-electron chi connectivity index (χ0n) is 14.4. The standard InChI is InChI=1S/C18H26N4O2/c1-14-13-21(2)9-10-22(14)8-7-17(20-18(23)24)11-15-3-5-16(12-19)6-4-15/h3-6,14,17,20H,7-11,13H2,1-2H3,(H,23,24)/t14-,17?/m1/s1. The second-order valence-electron chi connectivity index (χ2n) is 6.60. The molecule has 1 heterocycles. The zero-order valence-corrected chi connectivity index (χ0v) is 14.4. The summed E-state index contributed by atoms with van der Waals surface area (Å²) in [5.41, 5.74) is 1.66. The smallest absolute Gasteiger partial charge is 0.404 e. The largest absolute Gasteiger partial charge is 0.465 e. The van der Waals surface area contributed by atoms with Gasteiger partial charge in [-0.3, -0.25) is 4.90 Å². The maximum Gasteiger partial charge on any atom is 0.404 e. The van der Waals surface area contributed by atoms with Crippen molar-refractivity contribution >= 4 is 6.09 Å². The van der Waals surface area contributed by atoms with Crippen molar-refractivity contribution in [3.63, 3.8) is 0 Å². The highest BCUT2D eigenvalue weighted by atomic mass is 16.4. The molecule has 1 fully saturated rings. The third kappa shape index (κ3) is 5.52. The summed E-state index contributed by atoms with van der Waals surface area (Å²) in [6, 6.07) is 9.80. The lowest BCUT2D eigenvalue weighted by atomic mass is 10.0. The summed E-state index contributed by atoms with van der Waals surface area (Å²) in [6.07, 6.45) is 0.431. The molecule has 0 aliphatic carbocycles. The van der Waals surface area contributed by atoms with Crippen LogP contribution < -0.4 is 5.32 Å². The molecular weight excluding hydrogens is 304 g/mol. The normalized spacial score (nSPS) is 20.3. The highest BCUT2D eigenvalue weighted by Gasteiger charge is 2.22. The van der Waals surface area contributed by atoms with E-state index in [1.165, 1.54) is 0 Å². The molecule has 1 aromatic carbocycles. The molecule has 1 amide bonds. The van der Waals surface area contributed by atoms with Crippen LogP contribution in [-0.2, 0) is 6.42 Å². The van der Waals surface area contributed by atoms with Crippen molar-refractivity contribution < 1.29 is 9.90 Å². The van der Waals surface area contributed by atoms with Crippen LogP contribution in [0.15, 0.2) is 24.3 Å². The number of carbonyl (C=O) groups is 1.